The molecule has 0 aliphatic heterocycles. The van der Waals surface area contributed by atoms with E-state index in [1.807, 2.05) is 24.3 Å². The molecule has 0 atom stereocenters. The molecule has 0 bridgehead atoms. The maximum absolute atomic E-state index is 13.3. The van der Waals surface area contributed by atoms with Crippen LogP contribution < -0.4 is 10.6 Å². The van der Waals surface area contributed by atoms with Crippen molar-refractivity contribution in [1.82, 2.24) is 0 Å². The zero-order valence-electron chi connectivity index (χ0n) is 15.8. The number of hydrogen-bond donors (Lipinski definition) is 2. The first-order valence-electron chi connectivity index (χ1n) is 8.50. The van der Waals surface area contributed by atoms with Crippen molar-refractivity contribution in [2.75, 3.05) is 10.6 Å². The maximum Gasteiger partial charge on any atom is 0.239 e. The summed E-state index contributed by atoms with van der Waals surface area (Å²) in [5.41, 5.74) is 0.479. The van der Waals surface area contributed by atoms with Gasteiger partial charge in [0.05, 0.1) is 0 Å². The molecule has 0 aliphatic carbocycles. The molecule has 26 heavy (non-hydrogen) atoms. The molecule has 0 heterocycles. The van der Waals surface area contributed by atoms with Gasteiger partial charge in [0, 0.05) is 11.4 Å². The molecule has 0 radical (unpaired) electrons. The summed E-state index contributed by atoms with van der Waals surface area (Å²) in [4.78, 5) is 25.3. The minimum Gasteiger partial charge on any atom is -0.325 e. The number of hydrogen-bond acceptors (Lipinski definition) is 2. The summed E-state index contributed by atoms with van der Waals surface area (Å²) in [7, 11) is 0. The highest BCUT2D eigenvalue weighted by Gasteiger charge is 2.36. The number of halogens is 1. The first-order valence-corrected chi connectivity index (χ1v) is 8.50. The zero-order valence-corrected chi connectivity index (χ0v) is 15.8. The molecule has 5 heteroatoms. The second-order valence-electron chi connectivity index (χ2n) is 7.84. The Labute approximate surface area is 153 Å². The lowest BCUT2D eigenvalue weighted by Crippen LogP contribution is -2.42. The minimum absolute atomic E-state index is 0.155. The molecule has 0 saturated heterocycles. The van der Waals surface area contributed by atoms with Crippen LogP contribution in [0.25, 0.3) is 0 Å². The van der Waals surface area contributed by atoms with Gasteiger partial charge in [-0.05, 0) is 49.1 Å². The molecular formula is C21H25FN2O2. The van der Waals surface area contributed by atoms with E-state index in [1.54, 1.807) is 6.07 Å². The van der Waals surface area contributed by atoms with Gasteiger partial charge in [0.2, 0.25) is 11.8 Å². The molecule has 0 unspecified atom stereocenters. The van der Waals surface area contributed by atoms with Crippen molar-refractivity contribution in [3.05, 3.63) is 59.9 Å². The molecular weight excluding hydrogens is 331 g/mol. The second-order valence-corrected chi connectivity index (χ2v) is 7.84. The van der Waals surface area contributed by atoms with Crippen LogP contribution in [0.2, 0.25) is 0 Å². The number of benzene rings is 2. The Morgan fingerprint density at radius 1 is 0.846 bits per heavy atom. The van der Waals surface area contributed by atoms with Crippen molar-refractivity contribution in [1.29, 1.82) is 0 Å². The molecule has 0 saturated carbocycles. The SMILES string of the molecule is CC(C)(C(=O)Nc1cccc(F)c1)C(=O)Nc1ccccc1C(C)(C)C. The molecule has 2 rings (SSSR count). The standard InChI is InChI=1S/C21H25FN2O2/c1-20(2,3)16-11-6-7-12-17(16)24-19(26)21(4,5)18(25)23-15-10-8-9-14(22)13-15/h6-13H,1-5H3,(H,23,25)(H,24,26). The van der Waals surface area contributed by atoms with Crippen LogP contribution in [0.4, 0.5) is 15.8 Å². The average Bonchev–Trinajstić information content (AvgIpc) is 2.54. The summed E-state index contributed by atoms with van der Waals surface area (Å²) in [5.74, 6) is -1.39. The van der Waals surface area contributed by atoms with Gasteiger partial charge in [-0.25, -0.2) is 4.39 Å². The van der Waals surface area contributed by atoms with Crippen LogP contribution >= 0.6 is 0 Å². The van der Waals surface area contributed by atoms with Crippen LogP contribution in [0.5, 0.6) is 0 Å². The predicted octanol–water partition coefficient (Wildman–Crippen LogP) is 4.73. The minimum atomic E-state index is -1.34. The lowest BCUT2D eigenvalue weighted by Gasteiger charge is -2.26. The van der Waals surface area contributed by atoms with E-state index in [2.05, 4.69) is 31.4 Å². The number of anilines is 2. The number of carbonyl (C=O) groups excluding carboxylic acids is 2. The molecule has 0 spiro atoms. The van der Waals surface area contributed by atoms with Crippen molar-refractivity contribution in [3.8, 4) is 0 Å². The Balaban J connectivity index is 2.19. The highest BCUT2D eigenvalue weighted by molar-refractivity contribution is 6.14. The first-order chi connectivity index (χ1) is 12.0. The van der Waals surface area contributed by atoms with Crippen molar-refractivity contribution >= 4 is 23.2 Å². The molecule has 2 amide bonds. The van der Waals surface area contributed by atoms with Gasteiger partial charge >= 0.3 is 0 Å². The van der Waals surface area contributed by atoms with E-state index in [-0.39, 0.29) is 5.41 Å². The normalized spacial score (nSPS) is 11.8. The first kappa shape index (κ1) is 19.6. The summed E-state index contributed by atoms with van der Waals surface area (Å²) < 4.78 is 13.3. The van der Waals surface area contributed by atoms with Gasteiger partial charge in [0.25, 0.3) is 0 Å². The van der Waals surface area contributed by atoms with E-state index >= 15 is 0 Å². The van der Waals surface area contributed by atoms with E-state index in [0.717, 1.165) is 5.56 Å². The van der Waals surface area contributed by atoms with Gasteiger partial charge in [0.1, 0.15) is 11.2 Å². The third kappa shape index (κ3) is 4.48. The van der Waals surface area contributed by atoms with E-state index in [9.17, 15) is 14.0 Å². The Hall–Kier alpha value is -2.69. The fraction of sp³-hybridized carbons (Fsp3) is 0.333. The number of rotatable bonds is 4. The average molecular weight is 356 g/mol. The zero-order chi connectivity index (χ0) is 19.5. The van der Waals surface area contributed by atoms with Gasteiger partial charge in [-0.1, -0.05) is 45.0 Å². The van der Waals surface area contributed by atoms with Gasteiger partial charge in [-0.3, -0.25) is 9.59 Å². The van der Waals surface area contributed by atoms with Crippen LogP contribution in [0.3, 0.4) is 0 Å². The van der Waals surface area contributed by atoms with Gasteiger partial charge in [-0.2, -0.15) is 0 Å². The molecule has 0 aliphatic rings. The number of para-hydroxylation sites is 1. The van der Waals surface area contributed by atoms with Crippen molar-refractivity contribution < 1.29 is 14.0 Å². The smallest absolute Gasteiger partial charge is 0.239 e. The van der Waals surface area contributed by atoms with Crippen molar-refractivity contribution in [2.45, 2.75) is 40.0 Å². The molecule has 0 fully saturated rings. The van der Waals surface area contributed by atoms with E-state index in [4.69, 9.17) is 0 Å². The Kier molecular flexibility index (Phi) is 5.50. The van der Waals surface area contributed by atoms with Crippen LogP contribution in [0, 0.1) is 11.2 Å². The third-order valence-electron chi connectivity index (χ3n) is 4.20. The van der Waals surface area contributed by atoms with Gasteiger partial charge in [0.15, 0.2) is 0 Å². The topological polar surface area (TPSA) is 58.2 Å². The lowest BCUT2D eigenvalue weighted by molar-refractivity contribution is -0.135. The van der Waals surface area contributed by atoms with Gasteiger partial charge in [-0.15, -0.1) is 0 Å². The van der Waals surface area contributed by atoms with E-state index in [1.165, 1.54) is 32.0 Å². The molecule has 2 N–H and O–H groups in total. The van der Waals surface area contributed by atoms with E-state index < -0.39 is 23.0 Å². The van der Waals surface area contributed by atoms with Crippen molar-refractivity contribution in [3.63, 3.8) is 0 Å². The van der Waals surface area contributed by atoms with Crippen LogP contribution in [0.15, 0.2) is 48.5 Å². The Morgan fingerprint density at radius 3 is 2.08 bits per heavy atom. The predicted molar refractivity (Wildman–Crippen MR) is 103 cm³/mol. The fourth-order valence-corrected chi connectivity index (χ4v) is 2.48. The summed E-state index contributed by atoms with van der Waals surface area (Å²) in [5, 5.41) is 5.46. The monoisotopic (exact) mass is 356 g/mol. The third-order valence-corrected chi connectivity index (χ3v) is 4.20. The van der Waals surface area contributed by atoms with Gasteiger partial charge < -0.3 is 10.6 Å². The summed E-state index contributed by atoms with van der Waals surface area (Å²) >= 11 is 0. The molecule has 2 aromatic rings. The Morgan fingerprint density at radius 2 is 1.46 bits per heavy atom. The fourth-order valence-electron chi connectivity index (χ4n) is 2.48. The lowest BCUT2D eigenvalue weighted by atomic mass is 9.85. The Bertz CT molecular complexity index is 823. The number of carbonyl (C=O) groups is 2. The summed E-state index contributed by atoms with van der Waals surface area (Å²) in [6.07, 6.45) is 0. The number of amides is 2. The highest BCUT2D eigenvalue weighted by atomic mass is 19.1. The maximum atomic E-state index is 13.3. The quantitative estimate of drug-likeness (QED) is 0.778. The molecule has 0 aromatic heterocycles. The largest absolute Gasteiger partial charge is 0.325 e. The van der Waals surface area contributed by atoms with Crippen LogP contribution in [-0.2, 0) is 15.0 Å². The van der Waals surface area contributed by atoms with Crippen LogP contribution in [-0.4, -0.2) is 11.8 Å². The highest BCUT2D eigenvalue weighted by Crippen LogP contribution is 2.30. The van der Waals surface area contributed by atoms with Crippen molar-refractivity contribution in [2.24, 2.45) is 5.41 Å². The molecule has 4 nitrogen and oxygen atoms in total. The van der Waals surface area contributed by atoms with Crippen LogP contribution in [0.1, 0.15) is 40.2 Å². The molecule has 2 aromatic carbocycles. The summed E-state index contributed by atoms with van der Waals surface area (Å²) in [6.45, 7) is 9.24. The van der Waals surface area contributed by atoms with E-state index in [0.29, 0.717) is 11.4 Å². The second kappa shape index (κ2) is 7.28. The molecule has 138 valence electrons. The summed E-state index contributed by atoms with van der Waals surface area (Å²) in [6, 6.07) is 13.1. The number of nitrogens with one attached hydrogen (secondary N) is 2.